The van der Waals surface area contributed by atoms with Gasteiger partial charge in [-0.25, -0.2) is 0 Å². The van der Waals surface area contributed by atoms with E-state index in [1.54, 1.807) is 0 Å². The molecule has 96 valence electrons. The summed E-state index contributed by atoms with van der Waals surface area (Å²) >= 11 is 0. The van der Waals surface area contributed by atoms with Crippen molar-refractivity contribution in [2.45, 2.75) is 66.5 Å². The van der Waals surface area contributed by atoms with E-state index in [1.807, 2.05) is 13.8 Å². The van der Waals surface area contributed by atoms with Gasteiger partial charge < -0.3 is 10.6 Å². The third-order valence-corrected chi connectivity index (χ3v) is 3.24. The van der Waals surface area contributed by atoms with E-state index in [0.717, 1.165) is 19.4 Å². The number of nitrogens with one attached hydrogen (secondary N) is 2. The Bertz CT molecular complexity index is 214. The van der Waals surface area contributed by atoms with Gasteiger partial charge in [0, 0.05) is 12.6 Å². The minimum absolute atomic E-state index is 0.0984. The van der Waals surface area contributed by atoms with Gasteiger partial charge in [0.25, 0.3) is 0 Å². The van der Waals surface area contributed by atoms with Crippen LogP contribution >= 0.6 is 0 Å². The van der Waals surface area contributed by atoms with Crippen molar-refractivity contribution in [3.63, 3.8) is 0 Å². The highest BCUT2D eigenvalue weighted by atomic mass is 16.2. The molecule has 16 heavy (non-hydrogen) atoms. The average molecular weight is 228 g/mol. The van der Waals surface area contributed by atoms with Gasteiger partial charge in [0.2, 0.25) is 5.91 Å². The molecule has 0 aromatic carbocycles. The van der Waals surface area contributed by atoms with Gasteiger partial charge in [0.05, 0.1) is 6.04 Å². The molecule has 0 bridgehead atoms. The average Bonchev–Trinajstić information content (AvgIpc) is 2.25. The summed E-state index contributed by atoms with van der Waals surface area (Å²) in [7, 11) is 0. The molecule has 0 rings (SSSR count). The molecule has 0 radical (unpaired) electrons. The lowest BCUT2D eigenvalue weighted by atomic mass is 9.90. The van der Waals surface area contributed by atoms with Gasteiger partial charge in [-0.2, -0.15) is 0 Å². The van der Waals surface area contributed by atoms with Gasteiger partial charge in [-0.3, -0.25) is 4.79 Å². The fourth-order valence-electron chi connectivity index (χ4n) is 1.12. The Kier molecular flexibility index (Phi) is 6.65. The Hall–Kier alpha value is -0.570. The Labute approximate surface area is 100 Å². The number of rotatable bonds is 7. The van der Waals surface area contributed by atoms with Crippen LogP contribution in [0.4, 0.5) is 0 Å². The van der Waals surface area contributed by atoms with Crippen LogP contribution in [-0.4, -0.2) is 24.5 Å². The first kappa shape index (κ1) is 15.4. The van der Waals surface area contributed by atoms with Crippen molar-refractivity contribution in [2.24, 2.45) is 5.41 Å². The number of amides is 1. The molecule has 0 fully saturated rings. The molecule has 0 heterocycles. The van der Waals surface area contributed by atoms with Crippen molar-refractivity contribution in [3.05, 3.63) is 0 Å². The second-order valence-corrected chi connectivity index (χ2v) is 5.44. The molecule has 0 spiro atoms. The third-order valence-electron chi connectivity index (χ3n) is 3.24. The highest BCUT2D eigenvalue weighted by Gasteiger charge is 2.19. The highest BCUT2D eigenvalue weighted by molar-refractivity contribution is 5.81. The summed E-state index contributed by atoms with van der Waals surface area (Å²) < 4.78 is 0. The minimum Gasteiger partial charge on any atom is -0.352 e. The van der Waals surface area contributed by atoms with Crippen molar-refractivity contribution < 1.29 is 4.79 Å². The molecule has 0 saturated heterocycles. The molecule has 2 unspecified atom stereocenters. The lowest BCUT2D eigenvalue weighted by Gasteiger charge is -2.26. The Balaban J connectivity index is 3.97. The standard InChI is InChI=1S/C13H28N2O/c1-7-10(3)15-12(16)11(4)14-9-13(5,6)8-2/h10-11,14H,7-9H2,1-6H3,(H,15,16). The second kappa shape index (κ2) is 6.89. The Morgan fingerprint density at radius 3 is 2.25 bits per heavy atom. The number of carbonyl (C=O) groups excluding carboxylic acids is 1. The lowest BCUT2D eigenvalue weighted by Crippen LogP contribution is -2.47. The molecule has 0 aliphatic heterocycles. The van der Waals surface area contributed by atoms with E-state index in [1.165, 1.54) is 0 Å². The van der Waals surface area contributed by atoms with Gasteiger partial charge in [0.1, 0.15) is 0 Å². The third kappa shape index (κ3) is 6.11. The van der Waals surface area contributed by atoms with Crippen LogP contribution in [0.5, 0.6) is 0 Å². The van der Waals surface area contributed by atoms with Gasteiger partial charge >= 0.3 is 0 Å². The highest BCUT2D eigenvalue weighted by Crippen LogP contribution is 2.17. The zero-order valence-electron chi connectivity index (χ0n) is 11.7. The van der Waals surface area contributed by atoms with Gasteiger partial charge in [-0.15, -0.1) is 0 Å². The summed E-state index contributed by atoms with van der Waals surface area (Å²) in [5.74, 6) is 0.0984. The fourth-order valence-corrected chi connectivity index (χ4v) is 1.12. The molecule has 0 aliphatic rings. The van der Waals surface area contributed by atoms with Crippen molar-refractivity contribution in [1.82, 2.24) is 10.6 Å². The van der Waals surface area contributed by atoms with Crippen molar-refractivity contribution in [1.29, 1.82) is 0 Å². The van der Waals surface area contributed by atoms with Crippen LogP contribution in [-0.2, 0) is 4.79 Å². The predicted octanol–water partition coefficient (Wildman–Crippen LogP) is 2.32. The van der Waals surface area contributed by atoms with E-state index >= 15 is 0 Å². The second-order valence-electron chi connectivity index (χ2n) is 5.44. The zero-order chi connectivity index (χ0) is 12.8. The number of hydrogen-bond donors (Lipinski definition) is 2. The number of carbonyl (C=O) groups is 1. The van der Waals surface area contributed by atoms with Crippen LogP contribution in [0.3, 0.4) is 0 Å². The maximum absolute atomic E-state index is 11.7. The molecule has 0 saturated carbocycles. The van der Waals surface area contributed by atoms with E-state index in [0.29, 0.717) is 0 Å². The SMILES string of the molecule is CCC(C)NC(=O)C(C)NCC(C)(C)CC. The molecular weight excluding hydrogens is 200 g/mol. The summed E-state index contributed by atoms with van der Waals surface area (Å²) in [5, 5.41) is 6.27. The van der Waals surface area contributed by atoms with E-state index < -0.39 is 0 Å². The topological polar surface area (TPSA) is 41.1 Å². The molecule has 1 amide bonds. The maximum atomic E-state index is 11.7. The largest absolute Gasteiger partial charge is 0.352 e. The van der Waals surface area contributed by atoms with Crippen LogP contribution in [0.1, 0.15) is 54.4 Å². The maximum Gasteiger partial charge on any atom is 0.237 e. The van der Waals surface area contributed by atoms with Crippen molar-refractivity contribution in [2.75, 3.05) is 6.54 Å². The molecule has 0 aliphatic carbocycles. The fraction of sp³-hybridized carbons (Fsp3) is 0.923. The Morgan fingerprint density at radius 2 is 1.81 bits per heavy atom. The molecule has 0 aromatic rings. The van der Waals surface area contributed by atoms with Crippen LogP contribution < -0.4 is 10.6 Å². The summed E-state index contributed by atoms with van der Waals surface area (Å²) in [6.07, 6.45) is 2.08. The molecule has 3 heteroatoms. The first-order valence-electron chi connectivity index (χ1n) is 6.36. The van der Waals surface area contributed by atoms with E-state index in [9.17, 15) is 4.79 Å². The molecular formula is C13H28N2O. The minimum atomic E-state index is -0.111. The van der Waals surface area contributed by atoms with Gasteiger partial charge in [-0.1, -0.05) is 27.7 Å². The Morgan fingerprint density at radius 1 is 1.25 bits per heavy atom. The smallest absolute Gasteiger partial charge is 0.237 e. The van der Waals surface area contributed by atoms with Crippen LogP contribution in [0.15, 0.2) is 0 Å². The zero-order valence-corrected chi connectivity index (χ0v) is 11.7. The summed E-state index contributed by atoms with van der Waals surface area (Å²) in [6, 6.07) is 0.149. The quantitative estimate of drug-likeness (QED) is 0.702. The van der Waals surface area contributed by atoms with Gasteiger partial charge in [-0.05, 0) is 32.1 Å². The predicted molar refractivity (Wildman–Crippen MR) is 69.4 cm³/mol. The van der Waals surface area contributed by atoms with Crippen LogP contribution in [0.2, 0.25) is 0 Å². The molecule has 2 atom stereocenters. The summed E-state index contributed by atoms with van der Waals surface area (Å²) in [5.41, 5.74) is 0.255. The van der Waals surface area contributed by atoms with Crippen molar-refractivity contribution >= 4 is 5.91 Å². The summed E-state index contributed by atoms with van der Waals surface area (Å²) in [6.45, 7) is 13.5. The van der Waals surface area contributed by atoms with Crippen molar-refractivity contribution in [3.8, 4) is 0 Å². The number of hydrogen-bond acceptors (Lipinski definition) is 2. The van der Waals surface area contributed by atoms with Gasteiger partial charge in [0.15, 0.2) is 0 Å². The normalized spacial score (nSPS) is 15.6. The lowest BCUT2D eigenvalue weighted by molar-refractivity contribution is -0.123. The van der Waals surface area contributed by atoms with E-state index in [4.69, 9.17) is 0 Å². The molecule has 0 aromatic heterocycles. The van der Waals surface area contributed by atoms with Crippen LogP contribution in [0, 0.1) is 5.41 Å². The van der Waals surface area contributed by atoms with E-state index in [-0.39, 0.29) is 23.4 Å². The van der Waals surface area contributed by atoms with Crippen LogP contribution in [0.25, 0.3) is 0 Å². The monoisotopic (exact) mass is 228 g/mol. The van der Waals surface area contributed by atoms with E-state index in [2.05, 4.69) is 38.3 Å². The summed E-state index contributed by atoms with van der Waals surface area (Å²) in [4.78, 5) is 11.7. The molecule has 3 nitrogen and oxygen atoms in total. The first-order valence-corrected chi connectivity index (χ1v) is 6.36. The molecule has 2 N–H and O–H groups in total. The first-order chi connectivity index (χ1) is 7.32.